The van der Waals surface area contributed by atoms with Gasteiger partial charge in [0.25, 0.3) is 0 Å². The zero-order valence-corrected chi connectivity index (χ0v) is 13.9. The average Bonchev–Trinajstić information content (AvgIpc) is 2.81. The van der Waals surface area contributed by atoms with Crippen molar-refractivity contribution in [2.45, 2.75) is 18.3 Å². The number of aliphatic carboxylic acids is 1. The van der Waals surface area contributed by atoms with E-state index >= 15 is 0 Å². The molecule has 2 N–H and O–H groups in total. The number of nitrogens with zero attached hydrogens (tertiary/aromatic N) is 1. The Morgan fingerprint density at radius 1 is 1.52 bits per heavy atom. The van der Waals surface area contributed by atoms with E-state index in [9.17, 15) is 14.7 Å². The monoisotopic (exact) mass is 374 g/mol. The van der Waals surface area contributed by atoms with Crippen LogP contribution < -0.4 is 10.1 Å². The van der Waals surface area contributed by atoms with E-state index in [0.717, 1.165) is 4.47 Å². The number of thioether (sulfide) groups is 1. The van der Waals surface area contributed by atoms with Crippen LogP contribution in [0.15, 0.2) is 22.7 Å². The lowest BCUT2D eigenvalue weighted by Crippen LogP contribution is -2.46. The Balaban J connectivity index is 2.21. The van der Waals surface area contributed by atoms with Crippen LogP contribution in [0.2, 0.25) is 0 Å². The number of carboxylic acids is 1. The van der Waals surface area contributed by atoms with E-state index in [2.05, 4.69) is 21.2 Å². The van der Waals surface area contributed by atoms with Crippen molar-refractivity contribution in [2.75, 3.05) is 18.2 Å². The molecule has 2 unspecified atom stereocenters. The Hall–Kier alpha value is -1.41. The highest BCUT2D eigenvalue weighted by Crippen LogP contribution is 2.32. The quantitative estimate of drug-likeness (QED) is 0.850. The fraction of sp³-hybridized carbons (Fsp3) is 0.385. The van der Waals surface area contributed by atoms with E-state index in [1.54, 1.807) is 18.2 Å². The Morgan fingerprint density at radius 3 is 2.86 bits per heavy atom. The Morgan fingerprint density at radius 2 is 2.24 bits per heavy atom. The van der Waals surface area contributed by atoms with E-state index in [1.807, 2.05) is 6.92 Å². The molecule has 0 bridgehead atoms. The molecule has 114 valence electrons. The van der Waals surface area contributed by atoms with Crippen molar-refractivity contribution in [1.82, 2.24) is 4.90 Å². The van der Waals surface area contributed by atoms with Crippen molar-refractivity contribution in [1.29, 1.82) is 0 Å². The second-order valence-electron chi connectivity index (χ2n) is 4.47. The van der Waals surface area contributed by atoms with Crippen LogP contribution in [0.3, 0.4) is 0 Å². The fourth-order valence-corrected chi connectivity index (χ4v) is 3.63. The molecular weight excluding hydrogens is 360 g/mol. The van der Waals surface area contributed by atoms with Gasteiger partial charge in [0, 0.05) is 10.2 Å². The van der Waals surface area contributed by atoms with Crippen LogP contribution in [0.25, 0.3) is 0 Å². The van der Waals surface area contributed by atoms with Crippen LogP contribution in [0.5, 0.6) is 5.75 Å². The molecule has 1 aromatic rings. The molecule has 0 saturated carbocycles. The predicted molar refractivity (Wildman–Crippen MR) is 84.9 cm³/mol. The highest BCUT2D eigenvalue weighted by Gasteiger charge is 2.39. The molecule has 2 amide bonds. The number of urea groups is 1. The molecule has 2 atom stereocenters. The zero-order chi connectivity index (χ0) is 15.6. The Kier molecular flexibility index (Phi) is 5.00. The third-order valence-electron chi connectivity index (χ3n) is 3.15. The van der Waals surface area contributed by atoms with Crippen molar-refractivity contribution in [3.05, 3.63) is 22.7 Å². The Bertz CT molecular complexity index is 569. The molecule has 2 rings (SSSR count). The van der Waals surface area contributed by atoms with Gasteiger partial charge in [-0.05, 0) is 25.1 Å². The maximum atomic E-state index is 12.4. The summed E-state index contributed by atoms with van der Waals surface area (Å²) in [6, 6.07) is 3.96. The van der Waals surface area contributed by atoms with E-state index < -0.39 is 18.0 Å². The summed E-state index contributed by atoms with van der Waals surface area (Å²) in [6.45, 7) is 1.81. The number of carbonyl (C=O) groups is 2. The molecule has 21 heavy (non-hydrogen) atoms. The summed E-state index contributed by atoms with van der Waals surface area (Å²) >= 11 is 4.76. The van der Waals surface area contributed by atoms with E-state index in [1.165, 1.54) is 23.8 Å². The standard InChI is InChI=1S/C13H15BrN2O4S/c1-7-16(10(6-21-7)12(17)18)13(19)15-9-5-8(14)3-4-11(9)20-2/h3-5,7,10H,6H2,1-2H3,(H,15,19)(H,17,18). The SMILES string of the molecule is COc1ccc(Br)cc1NC(=O)N1C(C)SCC1C(=O)O. The minimum Gasteiger partial charge on any atom is -0.495 e. The van der Waals surface area contributed by atoms with Gasteiger partial charge in [-0.25, -0.2) is 9.59 Å². The summed E-state index contributed by atoms with van der Waals surface area (Å²) in [4.78, 5) is 25.0. The van der Waals surface area contributed by atoms with Crippen LogP contribution in [-0.4, -0.2) is 46.3 Å². The van der Waals surface area contributed by atoms with Gasteiger partial charge in [-0.15, -0.1) is 11.8 Å². The van der Waals surface area contributed by atoms with E-state index in [4.69, 9.17) is 4.74 Å². The molecular formula is C13H15BrN2O4S. The van der Waals surface area contributed by atoms with Crippen LogP contribution >= 0.6 is 27.7 Å². The average molecular weight is 375 g/mol. The van der Waals surface area contributed by atoms with Crippen molar-refractivity contribution in [3.63, 3.8) is 0 Å². The highest BCUT2D eigenvalue weighted by molar-refractivity contribution is 9.10. The molecule has 1 saturated heterocycles. The van der Waals surface area contributed by atoms with Crippen LogP contribution in [0.1, 0.15) is 6.92 Å². The van der Waals surface area contributed by atoms with E-state index in [-0.39, 0.29) is 5.37 Å². The molecule has 1 aliphatic rings. The lowest BCUT2D eigenvalue weighted by atomic mass is 10.2. The number of carboxylic acid groups (broad SMARTS) is 1. The molecule has 0 aliphatic carbocycles. The first-order valence-electron chi connectivity index (χ1n) is 6.21. The molecule has 0 aromatic heterocycles. The number of anilines is 1. The summed E-state index contributed by atoms with van der Waals surface area (Å²) in [5.74, 6) is -0.0966. The molecule has 0 spiro atoms. The van der Waals surface area contributed by atoms with Crippen LogP contribution in [-0.2, 0) is 4.79 Å². The van der Waals surface area contributed by atoms with Gasteiger partial charge < -0.3 is 15.2 Å². The van der Waals surface area contributed by atoms with Gasteiger partial charge in [0.05, 0.1) is 18.2 Å². The highest BCUT2D eigenvalue weighted by atomic mass is 79.9. The van der Waals surface area contributed by atoms with Crippen LogP contribution in [0.4, 0.5) is 10.5 Å². The number of carbonyl (C=O) groups excluding carboxylic acids is 1. The molecule has 0 radical (unpaired) electrons. The van der Waals surface area contributed by atoms with Gasteiger partial charge in [-0.3, -0.25) is 4.90 Å². The number of methoxy groups -OCH3 is 1. The van der Waals surface area contributed by atoms with Gasteiger partial charge >= 0.3 is 12.0 Å². The fourth-order valence-electron chi connectivity index (χ4n) is 2.10. The zero-order valence-electron chi connectivity index (χ0n) is 11.5. The van der Waals surface area contributed by atoms with Crippen LogP contribution in [0, 0.1) is 0 Å². The number of halogens is 1. The lowest BCUT2D eigenvalue weighted by Gasteiger charge is -2.25. The number of hydrogen-bond donors (Lipinski definition) is 2. The normalized spacial score (nSPS) is 21.2. The van der Waals surface area contributed by atoms with Crippen molar-refractivity contribution in [3.8, 4) is 5.75 Å². The van der Waals surface area contributed by atoms with Crippen molar-refractivity contribution >= 4 is 45.4 Å². The maximum absolute atomic E-state index is 12.4. The first-order valence-corrected chi connectivity index (χ1v) is 8.05. The maximum Gasteiger partial charge on any atom is 0.327 e. The van der Waals surface area contributed by atoms with Gasteiger partial charge in [0.1, 0.15) is 11.8 Å². The Labute approximate surface area is 135 Å². The first kappa shape index (κ1) is 16.0. The lowest BCUT2D eigenvalue weighted by molar-refractivity contribution is -0.141. The second kappa shape index (κ2) is 6.57. The topological polar surface area (TPSA) is 78.9 Å². The number of benzene rings is 1. The minimum atomic E-state index is -0.997. The summed E-state index contributed by atoms with van der Waals surface area (Å²) in [6.07, 6.45) is 0. The second-order valence-corrected chi connectivity index (χ2v) is 6.73. The van der Waals surface area contributed by atoms with Crippen molar-refractivity contribution < 1.29 is 19.4 Å². The third-order valence-corrected chi connectivity index (χ3v) is 4.86. The smallest absolute Gasteiger partial charge is 0.327 e. The molecule has 1 aliphatic heterocycles. The number of ether oxygens (including phenoxy) is 1. The van der Waals surface area contributed by atoms with Gasteiger partial charge in [-0.2, -0.15) is 0 Å². The van der Waals surface area contributed by atoms with E-state index in [0.29, 0.717) is 17.2 Å². The molecule has 1 heterocycles. The van der Waals surface area contributed by atoms with Crippen molar-refractivity contribution in [2.24, 2.45) is 0 Å². The number of amides is 2. The summed E-state index contributed by atoms with van der Waals surface area (Å²) < 4.78 is 5.98. The molecule has 1 fully saturated rings. The molecule has 6 nitrogen and oxygen atoms in total. The minimum absolute atomic E-state index is 0.191. The molecule has 1 aromatic carbocycles. The number of rotatable bonds is 3. The molecule has 8 heteroatoms. The summed E-state index contributed by atoms with van der Waals surface area (Å²) in [7, 11) is 1.51. The summed E-state index contributed by atoms with van der Waals surface area (Å²) in [5, 5.41) is 11.7. The number of nitrogens with one attached hydrogen (secondary N) is 1. The summed E-state index contributed by atoms with van der Waals surface area (Å²) in [5.41, 5.74) is 0.491. The van der Waals surface area contributed by atoms with Gasteiger partial charge in [0.2, 0.25) is 0 Å². The first-order chi connectivity index (χ1) is 9.93. The van der Waals surface area contributed by atoms with Gasteiger partial charge in [0.15, 0.2) is 0 Å². The largest absolute Gasteiger partial charge is 0.495 e. The predicted octanol–water partition coefficient (Wildman–Crippen LogP) is 2.84. The third kappa shape index (κ3) is 3.44. The number of hydrogen-bond acceptors (Lipinski definition) is 4. The van der Waals surface area contributed by atoms with Gasteiger partial charge in [-0.1, -0.05) is 15.9 Å².